The molecule has 5 nitrogen and oxygen atoms in total. The molecule has 0 amide bonds. The Labute approximate surface area is 114 Å². The van der Waals surface area contributed by atoms with Crippen LogP contribution in [0.3, 0.4) is 0 Å². The van der Waals surface area contributed by atoms with E-state index in [2.05, 4.69) is 10.0 Å². The first-order valence-electron chi connectivity index (χ1n) is 6.43. The summed E-state index contributed by atoms with van der Waals surface area (Å²) in [7, 11) is -3.45. The monoisotopic (exact) mass is 284 g/mol. The van der Waals surface area contributed by atoms with Gasteiger partial charge in [-0.15, -0.1) is 0 Å². The molecule has 6 heteroatoms. The average Bonchev–Trinajstić information content (AvgIpc) is 2.36. The van der Waals surface area contributed by atoms with Gasteiger partial charge in [0.15, 0.2) is 0 Å². The maximum absolute atomic E-state index is 12.1. The third-order valence-electron chi connectivity index (χ3n) is 2.85. The van der Waals surface area contributed by atoms with Gasteiger partial charge < -0.3 is 10.1 Å². The lowest BCUT2D eigenvalue weighted by Crippen LogP contribution is -2.29. The topological polar surface area (TPSA) is 67.4 Å². The van der Waals surface area contributed by atoms with Crippen LogP contribution < -0.4 is 14.8 Å². The number of hydrogen-bond acceptors (Lipinski definition) is 4. The van der Waals surface area contributed by atoms with E-state index in [0.29, 0.717) is 18.8 Å². The molecule has 0 radical (unpaired) electrons. The second-order valence-corrected chi connectivity index (χ2v) is 6.98. The van der Waals surface area contributed by atoms with Crippen LogP contribution in [0.4, 0.5) is 5.69 Å². The van der Waals surface area contributed by atoms with Gasteiger partial charge in [-0.2, -0.15) is 0 Å². The Bertz CT molecular complexity index is 555. The number of hydrogen-bond donors (Lipinski definition) is 2. The lowest BCUT2D eigenvalue weighted by Gasteiger charge is -2.25. The molecule has 19 heavy (non-hydrogen) atoms. The Hall–Kier alpha value is -1.27. The molecule has 1 heterocycles. The van der Waals surface area contributed by atoms with E-state index >= 15 is 0 Å². The summed E-state index contributed by atoms with van der Waals surface area (Å²) < 4.78 is 32.4. The van der Waals surface area contributed by atoms with E-state index in [0.717, 1.165) is 5.69 Å². The summed E-state index contributed by atoms with van der Waals surface area (Å²) >= 11 is 0. The molecule has 0 aliphatic carbocycles. The summed E-state index contributed by atoms with van der Waals surface area (Å²) in [5.41, 5.74) is 0.727. The second kappa shape index (κ2) is 5.38. The Morgan fingerprint density at radius 3 is 2.89 bits per heavy atom. The fourth-order valence-electron chi connectivity index (χ4n) is 1.79. The predicted octanol–water partition coefficient (Wildman–Crippen LogP) is 1.81. The van der Waals surface area contributed by atoms with Gasteiger partial charge in [-0.3, -0.25) is 0 Å². The summed E-state index contributed by atoms with van der Waals surface area (Å²) in [6, 6.07) is 4.88. The summed E-state index contributed by atoms with van der Waals surface area (Å²) in [5.74, 6) is 0.969. The number of rotatable bonds is 4. The van der Waals surface area contributed by atoms with Crippen molar-refractivity contribution in [2.75, 3.05) is 18.4 Å². The normalized spacial score (nSPS) is 18.6. The van der Waals surface area contributed by atoms with E-state index in [4.69, 9.17) is 4.74 Å². The van der Waals surface area contributed by atoms with Crippen molar-refractivity contribution in [2.24, 2.45) is 5.92 Å². The Morgan fingerprint density at radius 2 is 2.21 bits per heavy atom. The van der Waals surface area contributed by atoms with Crippen LogP contribution >= 0.6 is 0 Å². The summed E-state index contributed by atoms with van der Waals surface area (Å²) in [4.78, 5) is 0.262. The van der Waals surface area contributed by atoms with Gasteiger partial charge in [0.25, 0.3) is 0 Å². The summed E-state index contributed by atoms with van der Waals surface area (Å²) in [6.07, 6.45) is 0.0917. The second-order valence-electron chi connectivity index (χ2n) is 5.21. The number of fused-ring (bicyclic) bond motifs is 1. The molecule has 0 aromatic heterocycles. The predicted molar refractivity (Wildman–Crippen MR) is 75.0 cm³/mol. The number of sulfonamides is 1. The molecule has 1 aromatic rings. The number of anilines is 1. The number of ether oxygens (including phenoxy) is 1. The zero-order valence-electron chi connectivity index (χ0n) is 11.4. The highest BCUT2D eigenvalue weighted by atomic mass is 32.2. The molecule has 0 bridgehead atoms. The molecule has 0 saturated carbocycles. The zero-order chi connectivity index (χ0) is 14.0. The van der Waals surface area contributed by atoms with Gasteiger partial charge >= 0.3 is 0 Å². The molecular formula is C13H20N2O3S. The third kappa shape index (κ3) is 3.39. The van der Waals surface area contributed by atoms with Crippen molar-refractivity contribution < 1.29 is 13.2 Å². The van der Waals surface area contributed by atoms with Crippen LogP contribution in [-0.2, 0) is 10.0 Å². The van der Waals surface area contributed by atoms with E-state index in [-0.39, 0.29) is 16.9 Å². The quantitative estimate of drug-likeness (QED) is 0.885. The van der Waals surface area contributed by atoms with Crippen molar-refractivity contribution in [3.8, 4) is 5.75 Å². The summed E-state index contributed by atoms with van der Waals surface area (Å²) in [5, 5.41) is 3.17. The van der Waals surface area contributed by atoms with Crippen molar-refractivity contribution >= 4 is 15.7 Å². The minimum absolute atomic E-state index is 0.0917. The van der Waals surface area contributed by atoms with Crippen molar-refractivity contribution in [1.29, 1.82) is 0 Å². The Morgan fingerprint density at radius 1 is 1.47 bits per heavy atom. The van der Waals surface area contributed by atoms with E-state index in [1.54, 1.807) is 18.2 Å². The van der Waals surface area contributed by atoms with Gasteiger partial charge in [-0.05, 0) is 31.0 Å². The van der Waals surface area contributed by atoms with Crippen molar-refractivity contribution in [1.82, 2.24) is 4.72 Å². The van der Waals surface area contributed by atoms with E-state index in [1.807, 2.05) is 20.8 Å². The molecular weight excluding hydrogens is 264 g/mol. The fourth-order valence-corrected chi connectivity index (χ4v) is 3.03. The first kappa shape index (κ1) is 14.1. The van der Waals surface area contributed by atoms with Gasteiger partial charge in [0.1, 0.15) is 11.9 Å². The SMILES string of the molecule is CC(C)CNS(=O)(=O)c1ccc2c(c1)NCC(C)O2. The van der Waals surface area contributed by atoms with E-state index in [9.17, 15) is 8.42 Å². The highest BCUT2D eigenvalue weighted by Crippen LogP contribution is 2.31. The van der Waals surface area contributed by atoms with Crippen LogP contribution in [0.5, 0.6) is 5.75 Å². The largest absolute Gasteiger partial charge is 0.487 e. The molecule has 0 saturated heterocycles. The molecule has 2 rings (SSSR count). The summed E-state index contributed by atoms with van der Waals surface area (Å²) in [6.45, 7) is 7.00. The molecule has 0 spiro atoms. The van der Waals surface area contributed by atoms with Crippen molar-refractivity contribution in [3.63, 3.8) is 0 Å². The smallest absolute Gasteiger partial charge is 0.240 e. The highest BCUT2D eigenvalue weighted by molar-refractivity contribution is 7.89. The Kier molecular flexibility index (Phi) is 4.01. The molecule has 1 aromatic carbocycles. The molecule has 1 aliphatic rings. The van der Waals surface area contributed by atoms with Crippen LogP contribution in [0, 0.1) is 5.92 Å². The fraction of sp³-hybridized carbons (Fsp3) is 0.538. The van der Waals surface area contributed by atoms with E-state index in [1.165, 1.54) is 0 Å². The van der Waals surface area contributed by atoms with Gasteiger partial charge in [-0.1, -0.05) is 13.8 Å². The van der Waals surface area contributed by atoms with Gasteiger partial charge in [0, 0.05) is 6.54 Å². The van der Waals surface area contributed by atoms with Gasteiger partial charge in [0.2, 0.25) is 10.0 Å². The van der Waals surface area contributed by atoms with Gasteiger partial charge in [0.05, 0.1) is 17.1 Å². The van der Waals surface area contributed by atoms with Crippen LogP contribution in [0.2, 0.25) is 0 Å². The molecule has 1 atom stereocenters. The maximum atomic E-state index is 12.1. The zero-order valence-corrected chi connectivity index (χ0v) is 12.3. The van der Waals surface area contributed by atoms with Crippen LogP contribution in [0.1, 0.15) is 20.8 Å². The third-order valence-corrected chi connectivity index (χ3v) is 4.27. The van der Waals surface area contributed by atoms with E-state index < -0.39 is 10.0 Å². The van der Waals surface area contributed by atoms with Crippen molar-refractivity contribution in [3.05, 3.63) is 18.2 Å². The van der Waals surface area contributed by atoms with Crippen LogP contribution in [0.25, 0.3) is 0 Å². The first-order chi connectivity index (χ1) is 8.88. The number of benzene rings is 1. The minimum Gasteiger partial charge on any atom is -0.487 e. The standard InChI is InChI=1S/C13H20N2O3S/c1-9(2)7-15-19(16,17)11-4-5-13-12(6-11)14-8-10(3)18-13/h4-6,9-10,14-15H,7-8H2,1-3H3. The first-order valence-corrected chi connectivity index (χ1v) is 7.91. The minimum atomic E-state index is -3.45. The molecule has 106 valence electrons. The highest BCUT2D eigenvalue weighted by Gasteiger charge is 2.20. The lowest BCUT2D eigenvalue weighted by atomic mass is 10.2. The molecule has 1 aliphatic heterocycles. The maximum Gasteiger partial charge on any atom is 0.240 e. The van der Waals surface area contributed by atoms with Gasteiger partial charge in [-0.25, -0.2) is 13.1 Å². The van der Waals surface area contributed by atoms with Crippen molar-refractivity contribution in [2.45, 2.75) is 31.8 Å². The van der Waals surface area contributed by atoms with Crippen LogP contribution in [-0.4, -0.2) is 27.6 Å². The lowest BCUT2D eigenvalue weighted by molar-refractivity contribution is 0.226. The molecule has 2 N–H and O–H groups in total. The number of nitrogens with one attached hydrogen (secondary N) is 2. The molecule has 1 unspecified atom stereocenters. The molecule has 0 fully saturated rings. The Balaban J connectivity index is 2.22. The average molecular weight is 284 g/mol. The van der Waals surface area contributed by atoms with Crippen LogP contribution in [0.15, 0.2) is 23.1 Å².